The van der Waals surface area contributed by atoms with E-state index in [2.05, 4.69) is 42.6 Å². The van der Waals surface area contributed by atoms with Crippen molar-refractivity contribution in [1.82, 2.24) is 5.32 Å². The predicted molar refractivity (Wildman–Crippen MR) is 60.3 cm³/mol. The molecule has 2 atom stereocenters. The average Bonchev–Trinajstić information content (AvgIpc) is 2.23. The summed E-state index contributed by atoms with van der Waals surface area (Å²) in [5.41, 5.74) is 1.49. The maximum absolute atomic E-state index is 3.45. The van der Waals surface area contributed by atoms with Gasteiger partial charge in [-0.05, 0) is 43.3 Å². The van der Waals surface area contributed by atoms with Crippen LogP contribution in [0.1, 0.15) is 18.9 Å². The van der Waals surface area contributed by atoms with Gasteiger partial charge < -0.3 is 5.32 Å². The zero-order chi connectivity index (χ0) is 9.80. The highest BCUT2D eigenvalue weighted by atomic mass is 14.9. The molecule has 0 radical (unpaired) electrons. The molecule has 1 aromatic rings. The molecule has 1 saturated heterocycles. The van der Waals surface area contributed by atoms with Crippen molar-refractivity contribution in [3.8, 4) is 0 Å². The molecule has 0 saturated carbocycles. The maximum Gasteiger partial charge on any atom is -0.00204 e. The quantitative estimate of drug-likeness (QED) is 0.753. The van der Waals surface area contributed by atoms with Crippen molar-refractivity contribution in [2.24, 2.45) is 11.8 Å². The number of rotatable bonds is 2. The largest absolute Gasteiger partial charge is 0.316 e. The second-order valence-electron chi connectivity index (χ2n) is 4.42. The lowest BCUT2D eigenvalue weighted by Crippen LogP contribution is -2.35. The molecule has 0 bridgehead atoms. The van der Waals surface area contributed by atoms with E-state index in [9.17, 15) is 0 Å². The summed E-state index contributed by atoms with van der Waals surface area (Å²) in [5, 5.41) is 3.45. The van der Waals surface area contributed by atoms with Gasteiger partial charge in [0.05, 0.1) is 0 Å². The molecule has 1 heterocycles. The fourth-order valence-corrected chi connectivity index (χ4v) is 2.29. The third-order valence-corrected chi connectivity index (χ3v) is 3.30. The zero-order valence-corrected chi connectivity index (χ0v) is 8.87. The summed E-state index contributed by atoms with van der Waals surface area (Å²) < 4.78 is 0. The molecule has 1 nitrogen and oxygen atoms in total. The minimum atomic E-state index is 0.823. The van der Waals surface area contributed by atoms with Crippen molar-refractivity contribution in [3.05, 3.63) is 35.9 Å². The van der Waals surface area contributed by atoms with Crippen LogP contribution >= 0.6 is 0 Å². The van der Waals surface area contributed by atoms with E-state index in [0.717, 1.165) is 11.8 Å². The minimum Gasteiger partial charge on any atom is -0.316 e. The Morgan fingerprint density at radius 2 is 2.07 bits per heavy atom. The normalized spacial score (nSPS) is 27.5. The first-order chi connectivity index (χ1) is 6.86. The van der Waals surface area contributed by atoms with Crippen LogP contribution in [-0.2, 0) is 6.42 Å². The Kier molecular flexibility index (Phi) is 3.20. The molecule has 1 aliphatic rings. The van der Waals surface area contributed by atoms with Gasteiger partial charge in [-0.1, -0.05) is 37.3 Å². The molecule has 2 rings (SSSR count). The van der Waals surface area contributed by atoms with Gasteiger partial charge in [0.2, 0.25) is 0 Å². The van der Waals surface area contributed by atoms with Gasteiger partial charge in [-0.25, -0.2) is 0 Å². The van der Waals surface area contributed by atoms with Gasteiger partial charge in [0.25, 0.3) is 0 Å². The van der Waals surface area contributed by atoms with Crippen LogP contribution in [-0.4, -0.2) is 13.1 Å². The number of benzene rings is 1. The summed E-state index contributed by atoms with van der Waals surface area (Å²) in [7, 11) is 0. The van der Waals surface area contributed by atoms with Gasteiger partial charge in [0.15, 0.2) is 0 Å². The van der Waals surface area contributed by atoms with Crippen LogP contribution in [0.2, 0.25) is 0 Å². The smallest absolute Gasteiger partial charge is 0.00204 e. The molecule has 0 aliphatic carbocycles. The van der Waals surface area contributed by atoms with Crippen LogP contribution in [0.3, 0.4) is 0 Å². The molecular formula is C13H19N. The number of hydrogen-bond donors (Lipinski definition) is 1. The van der Waals surface area contributed by atoms with Crippen LogP contribution in [0.4, 0.5) is 0 Å². The monoisotopic (exact) mass is 189 g/mol. The summed E-state index contributed by atoms with van der Waals surface area (Å²) in [5.74, 6) is 1.70. The number of nitrogens with one attached hydrogen (secondary N) is 1. The van der Waals surface area contributed by atoms with Crippen molar-refractivity contribution in [2.45, 2.75) is 19.8 Å². The first-order valence-electron chi connectivity index (χ1n) is 5.61. The van der Waals surface area contributed by atoms with Crippen LogP contribution < -0.4 is 5.32 Å². The Morgan fingerprint density at radius 3 is 2.79 bits per heavy atom. The highest BCUT2D eigenvalue weighted by molar-refractivity contribution is 5.15. The topological polar surface area (TPSA) is 12.0 Å². The highest BCUT2D eigenvalue weighted by Crippen LogP contribution is 2.22. The second kappa shape index (κ2) is 4.61. The maximum atomic E-state index is 3.45. The first-order valence-corrected chi connectivity index (χ1v) is 5.61. The predicted octanol–water partition coefficient (Wildman–Crippen LogP) is 2.47. The lowest BCUT2D eigenvalue weighted by molar-refractivity contribution is 0.272. The van der Waals surface area contributed by atoms with Gasteiger partial charge in [-0.2, -0.15) is 0 Å². The van der Waals surface area contributed by atoms with Crippen molar-refractivity contribution in [3.63, 3.8) is 0 Å². The second-order valence-corrected chi connectivity index (χ2v) is 4.42. The van der Waals surface area contributed by atoms with E-state index in [1.54, 1.807) is 0 Å². The van der Waals surface area contributed by atoms with Gasteiger partial charge in [-0.15, -0.1) is 0 Å². The van der Waals surface area contributed by atoms with Gasteiger partial charge in [0, 0.05) is 0 Å². The Balaban J connectivity index is 1.96. The van der Waals surface area contributed by atoms with Crippen LogP contribution in [0.15, 0.2) is 30.3 Å². The summed E-state index contributed by atoms with van der Waals surface area (Å²) in [4.78, 5) is 0. The Hall–Kier alpha value is -0.820. The Morgan fingerprint density at radius 1 is 1.29 bits per heavy atom. The molecule has 1 N–H and O–H groups in total. The summed E-state index contributed by atoms with van der Waals surface area (Å²) in [6.45, 7) is 4.75. The van der Waals surface area contributed by atoms with Crippen molar-refractivity contribution in [2.75, 3.05) is 13.1 Å². The molecule has 0 amide bonds. The molecule has 1 aliphatic heterocycles. The average molecular weight is 189 g/mol. The molecule has 1 heteroatoms. The molecule has 1 fully saturated rings. The first kappa shape index (κ1) is 9.72. The Bertz CT molecular complexity index is 268. The van der Waals surface area contributed by atoms with Crippen molar-refractivity contribution >= 4 is 0 Å². The standard InChI is InChI=1S/C13H19N/c1-11-10-14-8-7-13(11)9-12-5-3-2-4-6-12/h2-6,11,13-14H,7-10H2,1H3/t11-,13+/m0/s1. The van der Waals surface area contributed by atoms with E-state index in [1.807, 2.05) is 0 Å². The van der Waals surface area contributed by atoms with Crippen molar-refractivity contribution < 1.29 is 0 Å². The van der Waals surface area contributed by atoms with Gasteiger partial charge in [-0.3, -0.25) is 0 Å². The van der Waals surface area contributed by atoms with E-state index < -0.39 is 0 Å². The fraction of sp³-hybridized carbons (Fsp3) is 0.538. The van der Waals surface area contributed by atoms with E-state index in [1.165, 1.54) is 31.5 Å². The third-order valence-electron chi connectivity index (χ3n) is 3.30. The SMILES string of the molecule is C[C@H]1CNCC[C@@H]1Cc1ccccc1. The van der Waals surface area contributed by atoms with E-state index >= 15 is 0 Å². The molecular weight excluding hydrogens is 170 g/mol. The van der Waals surface area contributed by atoms with Crippen LogP contribution in [0, 0.1) is 11.8 Å². The molecule has 0 spiro atoms. The summed E-state index contributed by atoms with van der Waals surface area (Å²) in [6, 6.07) is 10.9. The lowest BCUT2D eigenvalue weighted by Gasteiger charge is -2.29. The van der Waals surface area contributed by atoms with Crippen LogP contribution in [0.25, 0.3) is 0 Å². The molecule has 0 aromatic heterocycles. The lowest BCUT2D eigenvalue weighted by atomic mass is 9.83. The number of hydrogen-bond acceptors (Lipinski definition) is 1. The third kappa shape index (κ3) is 2.36. The fourth-order valence-electron chi connectivity index (χ4n) is 2.29. The van der Waals surface area contributed by atoms with E-state index in [4.69, 9.17) is 0 Å². The van der Waals surface area contributed by atoms with Crippen molar-refractivity contribution in [1.29, 1.82) is 0 Å². The molecule has 14 heavy (non-hydrogen) atoms. The van der Waals surface area contributed by atoms with Gasteiger partial charge >= 0.3 is 0 Å². The van der Waals surface area contributed by atoms with E-state index in [0.29, 0.717) is 0 Å². The molecule has 1 aromatic carbocycles. The summed E-state index contributed by atoms with van der Waals surface area (Å²) in [6.07, 6.45) is 2.58. The Labute approximate surface area is 86.5 Å². The molecule has 76 valence electrons. The van der Waals surface area contributed by atoms with Gasteiger partial charge in [0.1, 0.15) is 0 Å². The number of piperidine rings is 1. The molecule has 0 unspecified atom stereocenters. The minimum absolute atomic E-state index is 0.823. The van der Waals surface area contributed by atoms with Crippen LogP contribution in [0.5, 0.6) is 0 Å². The highest BCUT2D eigenvalue weighted by Gasteiger charge is 2.20. The van der Waals surface area contributed by atoms with E-state index in [-0.39, 0.29) is 0 Å². The zero-order valence-electron chi connectivity index (χ0n) is 8.87. The summed E-state index contributed by atoms with van der Waals surface area (Å²) >= 11 is 0.